The second-order valence-electron chi connectivity index (χ2n) is 9.97. The average Bonchev–Trinajstić information content (AvgIpc) is 2.81. The van der Waals surface area contributed by atoms with Gasteiger partial charge in [-0.2, -0.15) is 0 Å². The zero-order valence-corrected chi connectivity index (χ0v) is 26.7. The summed E-state index contributed by atoms with van der Waals surface area (Å²) in [7, 11) is -4.52. The van der Waals surface area contributed by atoms with E-state index in [2.05, 4.69) is 13.8 Å². The first kappa shape index (κ1) is 33.3. The van der Waals surface area contributed by atoms with Gasteiger partial charge in [0.05, 0.1) is 4.90 Å². The van der Waals surface area contributed by atoms with Crippen molar-refractivity contribution in [3.63, 3.8) is 0 Å². The molecular formula is C30H47KO3S. The Balaban J connectivity index is 0.00000612. The number of hydrogen-bond donors (Lipinski definition) is 0. The smallest absolute Gasteiger partial charge is 0.744 e. The van der Waals surface area contributed by atoms with Gasteiger partial charge in [-0.05, 0) is 47.6 Å². The van der Waals surface area contributed by atoms with Gasteiger partial charge in [0.15, 0.2) is 0 Å². The van der Waals surface area contributed by atoms with Crippen molar-refractivity contribution in [2.24, 2.45) is 0 Å². The van der Waals surface area contributed by atoms with Gasteiger partial charge in [-0.3, -0.25) is 0 Å². The van der Waals surface area contributed by atoms with Gasteiger partial charge in [0.25, 0.3) is 0 Å². The molecule has 5 heteroatoms. The van der Waals surface area contributed by atoms with Gasteiger partial charge in [0.2, 0.25) is 0 Å². The van der Waals surface area contributed by atoms with Crippen LogP contribution in [0.4, 0.5) is 0 Å². The maximum atomic E-state index is 12.3. The molecule has 0 bridgehead atoms. The summed E-state index contributed by atoms with van der Waals surface area (Å²) < 4.78 is 36.8. The third kappa shape index (κ3) is 12.6. The summed E-state index contributed by atoms with van der Waals surface area (Å²) in [4.78, 5) is 0.0192. The third-order valence-electron chi connectivity index (χ3n) is 7.01. The standard InChI is InChI=1S/C30H48O3S.K/c1-3-5-7-9-11-13-15-17-21-26-25-27(22-18-16-14-12-10-8-6-4-2)30(34(31,32)33)29-24-20-19-23-28(26)29;/h19-20,23-25H,3-18,21-22H2,1-2H3,(H,31,32,33);/q;+1/p-1. The molecule has 0 heterocycles. The van der Waals surface area contributed by atoms with Crippen molar-refractivity contribution in [1.82, 2.24) is 0 Å². The summed E-state index contributed by atoms with van der Waals surface area (Å²) in [5.74, 6) is 0. The molecule has 0 aliphatic heterocycles. The molecule has 0 saturated carbocycles. The fourth-order valence-corrected chi connectivity index (χ4v) is 6.00. The van der Waals surface area contributed by atoms with Crippen molar-refractivity contribution in [1.29, 1.82) is 0 Å². The molecule has 0 aliphatic carbocycles. The fourth-order valence-electron chi connectivity index (χ4n) is 5.07. The van der Waals surface area contributed by atoms with Crippen LogP contribution >= 0.6 is 0 Å². The number of fused-ring (bicyclic) bond motifs is 1. The molecule has 0 amide bonds. The van der Waals surface area contributed by atoms with E-state index in [1.807, 2.05) is 30.3 Å². The SMILES string of the molecule is CCCCCCCCCCc1cc(CCCCCCCCCC)c2ccccc2c1S(=O)(=O)[O-].[K+]. The van der Waals surface area contributed by atoms with Gasteiger partial charge >= 0.3 is 51.4 Å². The second kappa shape index (κ2) is 19.3. The molecule has 0 saturated heterocycles. The molecule has 2 aromatic carbocycles. The van der Waals surface area contributed by atoms with Crippen LogP contribution in [0.1, 0.15) is 128 Å². The van der Waals surface area contributed by atoms with Gasteiger partial charge in [-0.15, -0.1) is 0 Å². The molecule has 0 aliphatic rings. The maximum absolute atomic E-state index is 12.3. The Labute approximate surface area is 258 Å². The average molecular weight is 527 g/mol. The monoisotopic (exact) mass is 526 g/mol. The summed E-state index contributed by atoms with van der Waals surface area (Å²) in [5, 5.41) is 1.55. The molecule has 0 radical (unpaired) electrons. The molecule has 192 valence electrons. The van der Waals surface area contributed by atoms with Crippen molar-refractivity contribution in [3.05, 3.63) is 41.5 Å². The molecule has 0 fully saturated rings. The van der Waals surface area contributed by atoms with Crippen LogP contribution in [-0.4, -0.2) is 13.0 Å². The molecular weight excluding hydrogens is 479 g/mol. The molecule has 0 aromatic heterocycles. The van der Waals surface area contributed by atoms with Gasteiger partial charge in [0.1, 0.15) is 10.1 Å². The Morgan fingerprint density at radius 1 is 0.600 bits per heavy atom. The summed E-state index contributed by atoms with van der Waals surface area (Å²) in [6, 6.07) is 9.62. The predicted octanol–water partition coefficient (Wildman–Crippen LogP) is 6.11. The van der Waals surface area contributed by atoms with Gasteiger partial charge in [-0.1, -0.05) is 134 Å². The third-order valence-corrected chi connectivity index (χ3v) is 7.99. The van der Waals surface area contributed by atoms with Crippen molar-refractivity contribution in [3.8, 4) is 0 Å². The largest absolute Gasteiger partial charge is 1.00 e. The number of unbranched alkanes of at least 4 members (excludes halogenated alkanes) is 14. The Morgan fingerprint density at radius 2 is 1.00 bits per heavy atom. The normalized spacial score (nSPS) is 11.6. The Bertz CT molecular complexity index is 940. The van der Waals surface area contributed by atoms with Crippen molar-refractivity contribution >= 4 is 20.9 Å². The van der Waals surface area contributed by atoms with E-state index in [0.717, 1.165) is 36.6 Å². The molecule has 2 aromatic rings. The molecule has 2 rings (SSSR count). The van der Waals surface area contributed by atoms with Crippen LogP contribution in [-0.2, 0) is 23.0 Å². The molecule has 0 N–H and O–H groups in total. The van der Waals surface area contributed by atoms with Crippen molar-refractivity contribution in [2.75, 3.05) is 0 Å². The minimum atomic E-state index is -4.52. The van der Waals surface area contributed by atoms with E-state index in [9.17, 15) is 13.0 Å². The number of hydrogen-bond acceptors (Lipinski definition) is 3. The van der Waals surface area contributed by atoms with E-state index < -0.39 is 10.1 Å². The Hall–Kier alpha value is 0.246. The van der Waals surface area contributed by atoms with E-state index in [1.54, 1.807) is 0 Å². The Kier molecular flexibility index (Phi) is 18.4. The van der Waals surface area contributed by atoms with Crippen LogP contribution in [0.2, 0.25) is 0 Å². The van der Waals surface area contributed by atoms with E-state index in [0.29, 0.717) is 11.8 Å². The van der Waals surface area contributed by atoms with Crippen LogP contribution in [0.5, 0.6) is 0 Å². The first-order valence-corrected chi connectivity index (χ1v) is 15.4. The fraction of sp³-hybridized carbons (Fsp3) is 0.667. The summed E-state index contributed by atoms with van der Waals surface area (Å²) in [5.41, 5.74) is 1.93. The van der Waals surface area contributed by atoms with Gasteiger partial charge in [0, 0.05) is 0 Å². The zero-order chi connectivity index (χ0) is 24.7. The first-order chi connectivity index (χ1) is 16.5. The van der Waals surface area contributed by atoms with Crippen LogP contribution in [0.3, 0.4) is 0 Å². The quantitative estimate of drug-likeness (QED) is 0.126. The topological polar surface area (TPSA) is 57.2 Å². The van der Waals surface area contributed by atoms with Gasteiger partial charge < -0.3 is 4.55 Å². The van der Waals surface area contributed by atoms with Crippen LogP contribution < -0.4 is 51.4 Å². The van der Waals surface area contributed by atoms with Crippen LogP contribution in [0.15, 0.2) is 35.2 Å². The zero-order valence-electron chi connectivity index (χ0n) is 22.7. The first-order valence-electron chi connectivity index (χ1n) is 14.0. The van der Waals surface area contributed by atoms with Gasteiger partial charge in [-0.25, -0.2) is 8.42 Å². The molecule has 0 atom stereocenters. The molecule has 0 spiro atoms. The summed E-state index contributed by atoms with van der Waals surface area (Å²) in [6.07, 6.45) is 21.4. The van der Waals surface area contributed by atoms with Crippen molar-refractivity contribution in [2.45, 2.75) is 134 Å². The maximum Gasteiger partial charge on any atom is 1.00 e. The van der Waals surface area contributed by atoms with Crippen LogP contribution in [0.25, 0.3) is 10.8 Å². The number of aryl methyl sites for hydroxylation is 2. The number of benzene rings is 2. The number of rotatable bonds is 19. The Morgan fingerprint density at radius 3 is 1.46 bits per heavy atom. The minimum Gasteiger partial charge on any atom is -0.744 e. The van der Waals surface area contributed by atoms with E-state index in [-0.39, 0.29) is 56.3 Å². The predicted molar refractivity (Wildman–Crippen MR) is 145 cm³/mol. The summed E-state index contributed by atoms with van der Waals surface area (Å²) >= 11 is 0. The summed E-state index contributed by atoms with van der Waals surface area (Å²) in [6.45, 7) is 4.48. The second-order valence-corrected chi connectivity index (χ2v) is 11.3. The molecule has 0 unspecified atom stereocenters. The van der Waals surface area contributed by atoms with E-state index in [1.165, 1.54) is 89.0 Å². The molecule has 3 nitrogen and oxygen atoms in total. The van der Waals surface area contributed by atoms with Crippen LogP contribution in [0, 0.1) is 0 Å². The van der Waals surface area contributed by atoms with E-state index in [4.69, 9.17) is 0 Å². The molecule has 35 heavy (non-hydrogen) atoms. The van der Waals surface area contributed by atoms with E-state index >= 15 is 0 Å². The minimum absolute atomic E-state index is 0. The van der Waals surface area contributed by atoms with Crippen molar-refractivity contribution < 1.29 is 64.4 Å².